The first-order chi connectivity index (χ1) is 11.0. The fourth-order valence-electron chi connectivity index (χ4n) is 2.80. The predicted molar refractivity (Wildman–Crippen MR) is 87.5 cm³/mol. The van der Waals surface area contributed by atoms with Gasteiger partial charge in [-0.15, -0.1) is 11.3 Å². The summed E-state index contributed by atoms with van der Waals surface area (Å²) in [6.07, 6.45) is 5.29. The summed E-state index contributed by atoms with van der Waals surface area (Å²) in [4.78, 5) is 30.0. The Morgan fingerprint density at radius 3 is 2.96 bits per heavy atom. The van der Waals surface area contributed by atoms with Crippen LogP contribution in [-0.4, -0.2) is 44.6 Å². The molecule has 3 rings (SSSR count). The third kappa shape index (κ3) is 3.58. The van der Waals surface area contributed by atoms with E-state index >= 15 is 0 Å². The monoisotopic (exact) mass is 333 g/mol. The van der Waals surface area contributed by atoms with Crippen molar-refractivity contribution >= 4 is 28.3 Å². The lowest BCUT2D eigenvalue weighted by atomic mass is 9.95. The number of aryl methyl sites for hydroxylation is 1. The summed E-state index contributed by atoms with van der Waals surface area (Å²) in [7, 11) is 1.80. The maximum absolute atomic E-state index is 12.5. The molecule has 1 atom stereocenters. The van der Waals surface area contributed by atoms with Gasteiger partial charge in [-0.3, -0.25) is 14.3 Å². The minimum atomic E-state index is -0.122. The average Bonchev–Trinajstić information content (AvgIpc) is 3.15. The van der Waals surface area contributed by atoms with Crippen molar-refractivity contribution in [3.8, 4) is 0 Å². The highest BCUT2D eigenvalue weighted by atomic mass is 32.1. The number of nitrogens with one attached hydrogen (secondary N) is 1. The van der Waals surface area contributed by atoms with Crippen LogP contribution < -0.4 is 5.32 Å². The second-order valence-electron chi connectivity index (χ2n) is 5.75. The molecule has 0 aliphatic carbocycles. The molecule has 0 radical (unpaired) electrons. The fraction of sp³-hybridized carbons (Fsp3) is 0.467. The average molecular weight is 333 g/mol. The normalized spacial score (nSPS) is 18.0. The van der Waals surface area contributed by atoms with Crippen LogP contribution in [0.25, 0.3) is 0 Å². The van der Waals surface area contributed by atoms with Crippen molar-refractivity contribution in [3.63, 3.8) is 0 Å². The molecule has 8 heteroatoms. The molecule has 1 saturated heterocycles. The minimum Gasteiger partial charge on any atom is -0.338 e. The van der Waals surface area contributed by atoms with Crippen LogP contribution in [0.4, 0.5) is 5.13 Å². The number of nitrogens with zero attached hydrogens (tertiary/aromatic N) is 4. The Bertz CT molecular complexity index is 723. The lowest BCUT2D eigenvalue weighted by Crippen LogP contribution is -2.39. The van der Waals surface area contributed by atoms with Crippen LogP contribution >= 0.6 is 11.3 Å². The lowest BCUT2D eigenvalue weighted by Gasteiger charge is -2.31. The van der Waals surface area contributed by atoms with Gasteiger partial charge in [0.05, 0.1) is 17.5 Å². The van der Waals surface area contributed by atoms with E-state index in [9.17, 15) is 9.59 Å². The van der Waals surface area contributed by atoms with E-state index in [0.717, 1.165) is 25.1 Å². The van der Waals surface area contributed by atoms with E-state index in [2.05, 4.69) is 15.4 Å². The molecule has 2 aromatic heterocycles. The highest BCUT2D eigenvalue weighted by molar-refractivity contribution is 7.13. The van der Waals surface area contributed by atoms with Gasteiger partial charge in [0, 0.05) is 44.6 Å². The Kier molecular flexibility index (Phi) is 4.42. The maximum Gasteiger partial charge on any atom is 0.257 e. The van der Waals surface area contributed by atoms with Crippen LogP contribution in [0.2, 0.25) is 0 Å². The fourth-order valence-corrected chi connectivity index (χ4v) is 3.64. The smallest absolute Gasteiger partial charge is 0.257 e. The van der Waals surface area contributed by atoms with Crippen LogP contribution in [0.1, 0.15) is 41.7 Å². The van der Waals surface area contributed by atoms with Crippen molar-refractivity contribution in [3.05, 3.63) is 29.0 Å². The van der Waals surface area contributed by atoms with Gasteiger partial charge in [-0.2, -0.15) is 5.10 Å². The second kappa shape index (κ2) is 6.49. The molecule has 0 aromatic carbocycles. The highest BCUT2D eigenvalue weighted by Gasteiger charge is 2.27. The largest absolute Gasteiger partial charge is 0.338 e. The van der Waals surface area contributed by atoms with Crippen LogP contribution in [0.15, 0.2) is 17.8 Å². The lowest BCUT2D eigenvalue weighted by molar-refractivity contribution is -0.114. The molecule has 1 aliphatic heterocycles. The predicted octanol–water partition coefficient (Wildman–Crippen LogP) is 1.85. The summed E-state index contributed by atoms with van der Waals surface area (Å²) in [5, 5.41) is 9.34. The summed E-state index contributed by atoms with van der Waals surface area (Å²) in [6, 6.07) is 0. The Morgan fingerprint density at radius 2 is 2.26 bits per heavy atom. The van der Waals surface area contributed by atoms with Crippen molar-refractivity contribution in [1.29, 1.82) is 0 Å². The molecular formula is C15H19N5O2S. The van der Waals surface area contributed by atoms with Crippen molar-refractivity contribution in [2.75, 3.05) is 18.4 Å². The summed E-state index contributed by atoms with van der Waals surface area (Å²) in [5.74, 6) is 0.103. The number of rotatable bonds is 3. The highest BCUT2D eigenvalue weighted by Crippen LogP contribution is 2.30. The number of thiazole rings is 1. The van der Waals surface area contributed by atoms with Gasteiger partial charge in [0.25, 0.3) is 5.91 Å². The van der Waals surface area contributed by atoms with E-state index in [0.29, 0.717) is 17.2 Å². The van der Waals surface area contributed by atoms with Gasteiger partial charge in [0.2, 0.25) is 5.91 Å². The first kappa shape index (κ1) is 15.7. The molecule has 122 valence electrons. The number of hydrogen-bond donors (Lipinski definition) is 1. The zero-order chi connectivity index (χ0) is 16.4. The number of aromatic nitrogens is 3. The number of piperidine rings is 1. The summed E-state index contributed by atoms with van der Waals surface area (Å²) < 4.78 is 1.63. The van der Waals surface area contributed by atoms with E-state index in [1.54, 1.807) is 24.1 Å². The number of hydrogen-bond acceptors (Lipinski definition) is 5. The van der Waals surface area contributed by atoms with Gasteiger partial charge in [-0.25, -0.2) is 4.98 Å². The van der Waals surface area contributed by atoms with E-state index < -0.39 is 0 Å². The van der Waals surface area contributed by atoms with Gasteiger partial charge >= 0.3 is 0 Å². The van der Waals surface area contributed by atoms with Gasteiger partial charge in [0.1, 0.15) is 0 Å². The molecule has 0 bridgehead atoms. The number of carbonyl (C=O) groups excluding carboxylic acids is 2. The Hall–Kier alpha value is -2.22. The number of likely N-dealkylation sites (tertiary alicyclic amines) is 1. The van der Waals surface area contributed by atoms with Crippen molar-refractivity contribution in [2.45, 2.75) is 25.7 Å². The molecule has 1 aliphatic rings. The number of anilines is 1. The van der Waals surface area contributed by atoms with Gasteiger partial charge in [-0.1, -0.05) is 0 Å². The molecule has 2 aromatic rings. The molecular weight excluding hydrogens is 314 g/mol. The standard InChI is InChI=1S/C15H19N5O2S/c1-10(21)17-15-18-13(9-23-15)11-4-3-5-20(8-11)14(22)12-6-16-19(2)7-12/h6-7,9,11H,3-5,8H2,1-2H3,(H,17,18,21)/t11-/m0/s1. The summed E-state index contributed by atoms with van der Waals surface area (Å²) in [5.41, 5.74) is 1.56. The molecule has 2 amide bonds. The zero-order valence-corrected chi connectivity index (χ0v) is 14.0. The van der Waals surface area contributed by atoms with E-state index in [-0.39, 0.29) is 17.7 Å². The topological polar surface area (TPSA) is 80.1 Å². The third-order valence-electron chi connectivity index (χ3n) is 3.88. The number of carbonyl (C=O) groups is 2. The van der Waals surface area contributed by atoms with E-state index in [1.165, 1.54) is 18.3 Å². The molecule has 7 nitrogen and oxygen atoms in total. The molecule has 1 N–H and O–H groups in total. The van der Waals surface area contributed by atoms with Gasteiger partial charge in [-0.05, 0) is 12.8 Å². The Labute approximate surface area is 138 Å². The first-order valence-corrected chi connectivity index (χ1v) is 8.42. The summed E-state index contributed by atoms with van der Waals surface area (Å²) in [6.45, 7) is 2.87. The molecule has 0 spiro atoms. The number of amides is 2. The van der Waals surface area contributed by atoms with Crippen molar-refractivity contribution in [2.24, 2.45) is 7.05 Å². The van der Waals surface area contributed by atoms with Crippen molar-refractivity contribution < 1.29 is 9.59 Å². The zero-order valence-electron chi connectivity index (χ0n) is 13.2. The van der Waals surface area contributed by atoms with Crippen LogP contribution in [0.5, 0.6) is 0 Å². The van der Waals surface area contributed by atoms with Gasteiger partial charge in [0.15, 0.2) is 5.13 Å². The molecule has 23 heavy (non-hydrogen) atoms. The quantitative estimate of drug-likeness (QED) is 0.929. The van der Waals surface area contributed by atoms with Crippen molar-refractivity contribution in [1.82, 2.24) is 19.7 Å². The molecule has 0 unspecified atom stereocenters. The van der Waals surface area contributed by atoms with E-state index in [1.807, 2.05) is 10.3 Å². The molecule has 3 heterocycles. The van der Waals surface area contributed by atoms with Crippen LogP contribution in [-0.2, 0) is 11.8 Å². The molecule has 1 fully saturated rings. The van der Waals surface area contributed by atoms with E-state index in [4.69, 9.17) is 0 Å². The summed E-state index contributed by atoms with van der Waals surface area (Å²) >= 11 is 1.42. The third-order valence-corrected chi connectivity index (χ3v) is 4.66. The molecule has 0 saturated carbocycles. The minimum absolute atomic E-state index is 0.0140. The first-order valence-electron chi connectivity index (χ1n) is 7.54. The van der Waals surface area contributed by atoms with Crippen LogP contribution in [0, 0.1) is 0 Å². The Morgan fingerprint density at radius 1 is 1.43 bits per heavy atom. The second-order valence-corrected chi connectivity index (χ2v) is 6.61. The SMILES string of the molecule is CC(=O)Nc1nc([C@H]2CCCN(C(=O)c3cnn(C)c3)C2)cs1. The maximum atomic E-state index is 12.5. The van der Waals surface area contributed by atoms with Gasteiger partial charge < -0.3 is 10.2 Å². The Balaban J connectivity index is 1.69. The van der Waals surface area contributed by atoms with Crippen LogP contribution in [0.3, 0.4) is 0 Å².